The molecule has 82 valence electrons. The van der Waals surface area contributed by atoms with Crippen LogP contribution in [0.3, 0.4) is 0 Å². The van der Waals surface area contributed by atoms with Gasteiger partial charge in [0.2, 0.25) is 0 Å². The smallest absolute Gasteiger partial charge is 0.128 e. The molecule has 16 heavy (non-hydrogen) atoms. The predicted octanol–water partition coefficient (Wildman–Crippen LogP) is 2.32. The van der Waals surface area contributed by atoms with E-state index in [0.29, 0.717) is 12.0 Å². The zero-order valence-electron chi connectivity index (χ0n) is 8.97. The van der Waals surface area contributed by atoms with Crippen LogP contribution in [0.25, 0.3) is 0 Å². The first-order valence-corrected chi connectivity index (χ1v) is 5.60. The van der Waals surface area contributed by atoms with Crippen LogP contribution in [-0.2, 0) is 6.54 Å². The third kappa shape index (κ3) is 1.99. The van der Waals surface area contributed by atoms with E-state index in [1.165, 1.54) is 12.0 Å². The quantitative estimate of drug-likeness (QED) is 0.848. The highest BCUT2D eigenvalue weighted by atomic mass is 16.5. The van der Waals surface area contributed by atoms with E-state index in [-0.39, 0.29) is 0 Å². The lowest BCUT2D eigenvalue weighted by molar-refractivity contribution is 0.418. The van der Waals surface area contributed by atoms with E-state index < -0.39 is 0 Å². The number of aromatic nitrogens is 1. The van der Waals surface area contributed by atoms with Crippen molar-refractivity contribution in [2.75, 3.05) is 0 Å². The fraction of sp³-hybridized carbons (Fsp3) is 0.308. The van der Waals surface area contributed by atoms with Gasteiger partial charge in [0, 0.05) is 24.1 Å². The molecule has 0 aliphatic heterocycles. The van der Waals surface area contributed by atoms with E-state index in [9.17, 15) is 0 Å². The molecule has 0 radical (unpaired) electrons. The van der Waals surface area contributed by atoms with Gasteiger partial charge in [-0.15, -0.1) is 0 Å². The molecule has 1 heterocycles. The Hall–Kier alpha value is -1.61. The first-order valence-electron chi connectivity index (χ1n) is 5.60. The molecular weight excluding hydrogens is 200 g/mol. The lowest BCUT2D eigenvalue weighted by Crippen LogP contribution is -2.16. The van der Waals surface area contributed by atoms with Crippen molar-refractivity contribution in [1.82, 2.24) is 10.5 Å². The molecule has 3 rings (SSSR count). The minimum Gasteiger partial charge on any atom is -0.364 e. The third-order valence-corrected chi connectivity index (χ3v) is 3.07. The van der Waals surface area contributed by atoms with Crippen LogP contribution in [0.4, 0.5) is 0 Å². The second kappa shape index (κ2) is 4.10. The number of hydrogen-bond donors (Lipinski definition) is 1. The first kappa shape index (κ1) is 9.60. The molecule has 1 aromatic carbocycles. The fourth-order valence-corrected chi connectivity index (χ4v) is 2.05. The summed E-state index contributed by atoms with van der Waals surface area (Å²) in [6.07, 6.45) is 4.68. The van der Waals surface area contributed by atoms with Crippen molar-refractivity contribution in [3.05, 3.63) is 53.9 Å². The van der Waals surface area contributed by atoms with Crippen LogP contribution in [-0.4, -0.2) is 11.2 Å². The van der Waals surface area contributed by atoms with Gasteiger partial charge < -0.3 is 9.84 Å². The van der Waals surface area contributed by atoms with E-state index in [1.807, 2.05) is 0 Å². The SMILES string of the molecule is c1ccc(C2CC2NCc2cnoc2)cc1. The summed E-state index contributed by atoms with van der Waals surface area (Å²) in [4.78, 5) is 0. The molecule has 1 aliphatic carbocycles. The van der Waals surface area contributed by atoms with Gasteiger partial charge in [0.05, 0.1) is 6.20 Å². The van der Waals surface area contributed by atoms with E-state index in [1.54, 1.807) is 12.5 Å². The number of nitrogens with one attached hydrogen (secondary N) is 1. The maximum Gasteiger partial charge on any atom is 0.128 e. The highest BCUT2D eigenvalue weighted by Crippen LogP contribution is 2.40. The van der Waals surface area contributed by atoms with Crippen LogP contribution in [0.2, 0.25) is 0 Å². The third-order valence-electron chi connectivity index (χ3n) is 3.07. The van der Waals surface area contributed by atoms with Crippen molar-refractivity contribution in [2.45, 2.75) is 24.9 Å². The molecule has 0 spiro atoms. The Morgan fingerprint density at radius 2 is 2.19 bits per heavy atom. The van der Waals surface area contributed by atoms with Crippen molar-refractivity contribution < 1.29 is 4.52 Å². The lowest BCUT2D eigenvalue weighted by atomic mass is 10.1. The molecule has 1 N–H and O–H groups in total. The summed E-state index contributed by atoms with van der Waals surface area (Å²) >= 11 is 0. The van der Waals surface area contributed by atoms with Crippen LogP contribution in [0.15, 0.2) is 47.3 Å². The summed E-state index contributed by atoms with van der Waals surface area (Å²) in [5.41, 5.74) is 2.55. The summed E-state index contributed by atoms with van der Waals surface area (Å²) in [7, 11) is 0. The summed E-state index contributed by atoms with van der Waals surface area (Å²) in [6.45, 7) is 0.845. The second-order valence-electron chi connectivity index (χ2n) is 4.27. The number of rotatable bonds is 4. The summed E-state index contributed by atoms with van der Waals surface area (Å²) in [5, 5.41) is 7.19. The normalized spacial score (nSPS) is 23.2. The van der Waals surface area contributed by atoms with Crippen LogP contribution in [0, 0.1) is 0 Å². The van der Waals surface area contributed by atoms with Crippen LogP contribution in [0.5, 0.6) is 0 Å². The van der Waals surface area contributed by atoms with Gasteiger partial charge in [-0.2, -0.15) is 0 Å². The van der Waals surface area contributed by atoms with Crippen LogP contribution in [0.1, 0.15) is 23.5 Å². The van der Waals surface area contributed by atoms with Crippen LogP contribution < -0.4 is 5.32 Å². The molecule has 1 saturated carbocycles. The summed E-state index contributed by atoms with van der Waals surface area (Å²) < 4.78 is 4.79. The molecule has 2 aromatic rings. The molecule has 1 aromatic heterocycles. The summed E-state index contributed by atoms with van der Waals surface area (Å²) in [5.74, 6) is 0.682. The van der Waals surface area contributed by atoms with E-state index in [0.717, 1.165) is 12.1 Å². The van der Waals surface area contributed by atoms with Crippen LogP contribution >= 0.6 is 0 Å². The molecule has 0 amide bonds. The van der Waals surface area contributed by atoms with Gasteiger partial charge in [-0.25, -0.2) is 0 Å². The van der Waals surface area contributed by atoms with Crippen molar-refractivity contribution in [2.24, 2.45) is 0 Å². The monoisotopic (exact) mass is 214 g/mol. The highest BCUT2D eigenvalue weighted by molar-refractivity contribution is 5.27. The Balaban J connectivity index is 1.53. The average Bonchev–Trinajstić information content (AvgIpc) is 2.93. The van der Waals surface area contributed by atoms with Gasteiger partial charge >= 0.3 is 0 Å². The minimum absolute atomic E-state index is 0.609. The van der Waals surface area contributed by atoms with Gasteiger partial charge in [-0.05, 0) is 12.0 Å². The molecule has 2 atom stereocenters. The van der Waals surface area contributed by atoms with Crippen molar-refractivity contribution >= 4 is 0 Å². The van der Waals surface area contributed by atoms with Gasteiger partial charge in [0.1, 0.15) is 6.26 Å². The van der Waals surface area contributed by atoms with Gasteiger partial charge in [-0.3, -0.25) is 0 Å². The molecule has 0 bridgehead atoms. The van der Waals surface area contributed by atoms with E-state index in [2.05, 4.69) is 40.8 Å². The molecule has 0 saturated heterocycles. The molecule has 2 unspecified atom stereocenters. The van der Waals surface area contributed by atoms with Crippen molar-refractivity contribution in [3.8, 4) is 0 Å². The van der Waals surface area contributed by atoms with E-state index in [4.69, 9.17) is 4.52 Å². The minimum atomic E-state index is 0.609. The Labute approximate surface area is 94.5 Å². The van der Waals surface area contributed by atoms with Gasteiger partial charge in [-0.1, -0.05) is 35.5 Å². The lowest BCUT2D eigenvalue weighted by Gasteiger charge is -2.01. The fourth-order valence-electron chi connectivity index (χ4n) is 2.05. The standard InChI is InChI=1S/C13H14N2O/c1-2-4-11(5-3-1)12-6-13(12)14-7-10-8-15-16-9-10/h1-5,8-9,12-14H,6-7H2. The highest BCUT2D eigenvalue weighted by Gasteiger charge is 2.37. The Bertz CT molecular complexity index is 438. The van der Waals surface area contributed by atoms with Crippen molar-refractivity contribution in [1.29, 1.82) is 0 Å². The topological polar surface area (TPSA) is 38.1 Å². The zero-order chi connectivity index (χ0) is 10.8. The summed E-state index contributed by atoms with van der Waals surface area (Å²) in [6, 6.07) is 11.3. The largest absolute Gasteiger partial charge is 0.364 e. The maximum atomic E-state index is 4.79. The molecular formula is C13H14N2O. The molecule has 3 heteroatoms. The molecule has 3 nitrogen and oxygen atoms in total. The average molecular weight is 214 g/mol. The number of hydrogen-bond acceptors (Lipinski definition) is 3. The maximum absolute atomic E-state index is 4.79. The van der Waals surface area contributed by atoms with Gasteiger partial charge in [0.15, 0.2) is 0 Å². The second-order valence-corrected chi connectivity index (χ2v) is 4.27. The van der Waals surface area contributed by atoms with Crippen molar-refractivity contribution in [3.63, 3.8) is 0 Å². The Morgan fingerprint density at radius 1 is 1.31 bits per heavy atom. The Kier molecular flexibility index (Phi) is 2.46. The van der Waals surface area contributed by atoms with Gasteiger partial charge in [0.25, 0.3) is 0 Å². The predicted molar refractivity (Wildman–Crippen MR) is 60.9 cm³/mol. The molecule has 1 aliphatic rings. The first-order chi connectivity index (χ1) is 7.93. The zero-order valence-corrected chi connectivity index (χ0v) is 8.97. The number of nitrogens with zero attached hydrogens (tertiary/aromatic N) is 1. The number of benzene rings is 1. The molecule has 1 fully saturated rings. The van der Waals surface area contributed by atoms with E-state index >= 15 is 0 Å². The Morgan fingerprint density at radius 3 is 2.94 bits per heavy atom.